The average Bonchev–Trinajstić information content (AvgIpc) is 3.27. The number of rotatable bonds is 6. The van der Waals surface area contributed by atoms with Crippen LogP contribution in [0.5, 0.6) is 5.75 Å². The van der Waals surface area contributed by atoms with Crippen molar-refractivity contribution in [3.05, 3.63) is 44.8 Å². The second-order valence-corrected chi connectivity index (χ2v) is 12.0. The Labute approximate surface area is 193 Å². The number of benzene rings is 1. The van der Waals surface area contributed by atoms with E-state index < -0.39 is 20.0 Å². The third kappa shape index (κ3) is 4.82. The zero-order valence-corrected chi connectivity index (χ0v) is 19.6. The number of halogens is 2. The fraction of sp³-hybridized carbons (Fsp3) is 0.235. The maximum atomic E-state index is 13.0. The lowest BCUT2D eigenvalue weighted by atomic mass is 10.3. The van der Waals surface area contributed by atoms with Gasteiger partial charge in [0.2, 0.25) is 0 Å². The van der Waals surface area contributed by atoms with Gasteiger partial charge in [-0.25, -0.2) is 21.8 Å². The van der Waals surface area contributed by atoms with Crippen molar-refractivity contribution in [1.29, 1.82) is 0 Å². The Bertz CT molecular complexity index is 1280. The van der Waals surface area contributed by atoms with Crippen LogP contribution in [0.3, 0.4) is 0 Å². The zero-order valence-electron chi connectivity index (χ0n) is 15.7. The summed E-state index contributed by atoms with van der Waals surface area (Å²) < 4.78 is 61.6. The van der Waals surface area contributed by atoms with E-state index >= 15 is 0 Å². The van der Waals surface area contributed by atoms with E-state index in [0.717, 1.165) is 0 Å². The van der Waals surface area contributed by atoms with Gasteiger partial charge in [-0.1, -0.05) is 29.3 Å². The smallest absolute Gasteiger partial charge is 0.267 e. The minimum Gasteiger partial charge on any atom is -0.488 e. The average molecular weight is 523 g/mol. The minimum absolute atomic E-state index is 0.0490. The lowest BCUT2D eigenvalue weighted by Gasteiger charge is -2.19. The Morgan fingerprint density at radius 3 is 2.35 bits per heavy atom. The second-order valence-electron chi connectivity index (χ2n) is 6.48. The first-order valence-electron chi connectivity index (χ1n) is 8.90. The summed E-state index contributed by atoms with van der Waals surface area (Å²) >= 11 is 13.3. The molecule has 2 aliphatic heterocycles. The lowest BCUT2D eigenvalue weighted by molar-refractivity contribution is 0.320. The molecule has 0 bridgehead atoms. The van der Waals surface area contributed by atoms with E-state index in [0.29, 0.717) is 36.9 Å². The highest BCUT2D eigenvalue weighted by molar-refractivity contribution is 8.19. The van der Waals surface area contributed by atoms with Gasteiger partial charge in [-0.05, 0) is 18.6 Å². The van der Waals surface area contributed by atoms with Crippen LogP contribution in [0, 0.1) is 0 Å². The number of fused-ring (bicyclic) bond motifs is 1. The normalized spacial score (nSPS) is 16.0. The number of anilines is 3. The fourth-order valence-electron chi connectivity index (χ4n) is 2.84. The minimum atomic E-state index is -4.15. The summed E-state index contributed by atoms with van der Waals surface area (Å²) in [6.07, 6.45) is 3.40. The first-order chi connectivity index (χ1) is 14.7. The number of allylic oxidation sites excluding steroid dienone is 1. The molecule has 0 amide bonds. The van der Waals surface area contributed by atoms with E-state index in [1.165, 1.54) is 36.2 Å². The molecule has 1 aromatic heterocycles. The van der Waals surface area contributed by atoms with Crippen molar-refractivity contribution in [2.75, 3.05) is 33.7 Å². The molecule has 31 heavy (non-hydrogen) atoms. The Kier molecular flexibility index (Phi) is 6.19. The number of hydrogen-bond acceptors (Lipinski definition) is 8. The number of ether oxygens (including phenoxy) is 1. The summed E-state index contributed by atoms with van der Waals surface area (Å²) in [7, 11) is -8.05. The summed E-state index contributed by atoms with van der Waals surface area (Å²) in [5.74, 6) is 1.39. The molecule has 0 fully saturated rings. The molecule has 2 aliphatic rings. The van der Waals surface area contributed by atoms with E-state index in [1.807, 2.05) is 0 Å². The molecule has 0 saturated carbocycles. The molecule has 3 heterocycles. The largest absolute Gasteiger partial charge is 0.488 e. The third-order valence-electron chi connectivity index (χ3n) is 4.28. The van der Waals surface area contributed by atoms with Crippen LogP contribution in [0.15, 0.2) is 39.6 Å². The summed E-state index contributed by atoms with van der Waals surface area (Å²) in [5, 5.41) is 3.11. The highest BCUT2D eigenvalue weighted by Crippen LogP contribution is 2.37. The standard InChI is InChI=1S/C17H16Cl2N4O5S3/c18-11-7-13(14(8-12(11)19)23-31(26,27)16-2-1-5-29-16)22-30(24,25)10-6-15-17(21-9-10)20-3-4-28-15/h2,6-9,22-23H,1,3-5H2,(H,20,21). The van der Waals surface area contributed by atoms with Crippen molar-refractivity contribution < 1.29 is 21.6 Å². The van der Waals surface area contributed by atoms with Crippen molar-refractivity contribution in [2.45, 2.75) is 11.3 Å². The number of nitrogens with one attached hydrogen (secondary N) is 3. The third-order valence-corrected chi connectivity index (χ3v) is 9.42. The molecule has 0 unspecified atom stereocenters. The molecule has 2 aromatic rings. The molecular formula is C17H16Cl2N4O5S3. The number of thioether (sulfide) groups is 1. The van der Waals surface area contributed by atoms with Crippen LogP contribution in [-0.4, -0.2) is 40.7 Å². The molecule has 14 heteroatoms. The fourth-order valence-corrected chi connectivity index (χ4v) is 6.77. The first kappa shape index (κ1) is 22.3. The van der Waals surface area contributed by atoms with Crippen molar-refractivity contribution in [1.82, 2.24) is 4.98 Å². The Hall–Kier alpha value is -1.86. The van der Waals surface area contributed by atoms with Gasteiger partial charge >= 0.3 is 0 Å². The van der Waals surface area contributed by atoms with Crippen LogP contribution >= 0.6 is 35.0 Å². The first-order valence-corrected chi connectivity index (χ1v) is 13.6. The molecule has 3 N–H and O–H groups in total. The topological polar surface area (TPSA) is 126 Å². The summed E-state index contributed by atoms with van der Waals surface area (Å²) in [6.45, 7) is 0.935. The molecule has 166 valence electrons. The summed E-state index contributed by atoms with van der Waals surface area (Å²) in [6, 6.07) is 3.81. The molecule has 0 spiro atoms. The van der Waals surface area contributed by atoms with Crippen LogP contribution in [0.2, 0.25) is 10.0 Å². The van der Waals surface area contributed by atoms with Crippen molar-refractivity contribution in [3.63, 3.8) is 0 Å². The van der Waals surface area contributed by atoms with Crippen LogP contribution < -0.4 is 19.5 Å². The SMILES string of the molecule is O=S(=O)(Nc1cc(Cl)c(Cl)cc1NS(=O)(=O)c1cnc2c(c1)OCCN2)C1=CCCS1. The van der Waals surface area contributed by atoms with Gasteiger partial charge in [0.1, 0.15) is 15.7 Å². The van der Waals surface area contributed by atoms with Gasteiger partial charge in [-0.15, -0.1) is 11.8 Å². The maximum absolute atomic E-state index is 13.0. The molecule has 0 saturated heterocycles. The van der Waals surface area contributed by atoms with Crippen LogP contribution in [0.4, 0.5) is 17.2 Å². The zero-order chi connectivity index (χ0) is 22.2. The van der Waals surface area contributed by atoms with Crippen LogP contribution in [-0.2, 0) is 20.0 Å². The van der Waals surface area contributed by atoms with E-state index in [1.54, 1.807) is 6.08 Å². The number of pyridine rings is 1. The molecule has 0 atom stereocenters. The lowest BCUT2D eigenvalue weighted by Crippen LogP contribution is -2.21. The van der Waals surface area contributed by atoms with Crippen LogP contribution in [0.1, 0.15) is 6.42 Å². The monoisotopic (exact) mass is 522 g/mol. The number of sulfonamides is 2. The van der Waals surface area contributed by atoms with Crippen molar-refractivity contribution >= 4 is 72.2 Å². The molecule has 4 rings (SSSR count). The number of nitrogens with zero attached hydrogens (tertiary/aromatic N) is 1. The highest BCUT2D eigenvalue weighted by atomic mass is 35.5. The van der Waals surface area contributed by atoms with Crippen LogP contribution in [0.25, 0.3) is 0 Å². The van der Waals surface area contributed by atoms with E-state index in [9.17, 15) is 16.8 Å². The van der Waals surface area contributed by atoms with Crippen molar-refractivity contribution in [2.24, 2.45) is 0 Å². The van der Waals surface area contributed by atoms with E-state index in [-0.39, 0.29) is 30.6 Å². The van der Waals surface area contributed by atoms with Gasteiger partial charge in [0, 0.05) is 11.8 Å². The molecule has 9 nitrogen and oxygen atoms in total. The number of hydrogen-bond donors (Lipinski definition) is 3. The van der Waals surface area contributed by atoms with Gasteiger partial charge in [-0.2, -0.15) is 0 Å². The quantitative estimate of drug-likeness (QED) is 0.523. The Balaban J connectivity index is 1.68. The Morgan fingerprint density at radius 2 is 1.71 bits per heavy atom. The van der Waals surface area contributed by atoms with E-state index in [2.05, 4.69) is 19.7 Å². The second kappa shape index (κ2) is 8.58. The van der Waals surface area contributed by atoms with Gasteiger partial charge in [0.25, 0.3) is 20.0 Å². The van der Waals surface area contributed by atoms with Gasteiger partial charge in [0.05, 0.1) is 34.2 Å². The molecule has 0 aliphatic carbocycles. The van der Waals surface area contributed by atoms with Crippen molar-refractivity contribution in [3.8, 4) is 5.75 Å². The Morgan fingerprint density at radius 1 is 1.03 bits per heavy atom. The highest BCUT2D eigenvalue weighted by Gasteiger charge is 2.25. The maximum Gasteiger partial charge on any atom is 0.267 e. The van der Waals surface area contributed by atoms with Gasteiger partial charge in [-0.3, -0.25) is 9.44 Å². The molecule has 1 aromatic carbocycles. The molecule has 0 radical (unpaired) electrons. The van der Waals surface area contributed by atoms with Gasteiger partial charge < -0.3 is 10.1 Å². The predicted molar refractivity (Wildman–Crippen MR) is 123 cm³/mol. The van der Waals surface area contributed by atoms with Gasteiger partial charge in [0.15, 0.2) is 11.6 Å². The van der Waals surface area contributed by atoms with E-state index in [4.69, 9.17) is 27.9 Å². The summed E-state index contributed by atoms with van der Waals surface area (Å²) in [4.78, 5) is 3.91. The molecular weight excluding hydrogens is 507 g/mol. The predicted octanol–water partition coefficient (Wildman–Crippen LogP) is 3.71. The summed E-state index contributed by atoms with van der Waals surface area (Å²) in [5.41, 5.74) is -0.145. The number of aromatic nitrogens is 1.